The van der Waals surface area contributed by atoms with Gasteiger partial charge in [-0.25, -0.2) is 4.98 Å². The minimum absolute atomic E-state index is 0. The minimum atomic E-state index is 0. The predicted molar refractivity (Wildman–Crippen MR) is 130 cm³/mol. The molecule has 0 N–H and O–H groups in total. The van der Waals surface area contributed by atoms with Crippen LogP contribution in [0.5, 0.6) is 0 Å². The Morgan fingerprint density at radius 1 is 0.897 bits per heavy atom. The van der Waals surface area contributed by atoms with E-state index in [0.29, 0.717) is 0 Å². The van der Waals surface area contributed by atoms with Crippen LogP contribution in [0.2, 0.25) is 0 Å². The zero-order chi connectivity index (χ0) is 18.8. The number of piperazine rings is 1. The van der Waals surface area contributed by atoms with Gasteiger partial charge in [-0.3, -0.25) is 0 Å². The molecule has 3 aromatic rings. The first-order valence-electron chi connectivity index (χ1n) is 9.80. The second kappa shape index (κ2) is 10.1. The van der Waals surface area contributed by atoms with E-state index in [9.17, 15) is 0 Å². The first-order chi connectivity index (χ1) is 13.2. The molecule has 6 heteroatoms. The average Bonchev–Trinajstić information content (AvgIpc) is 2.73. The summed E-state index contributed by atoms with van der Waals surface area (Å²) in [6.45, 7) is 7.64. The Morgan fingerprint density at radius 2 is 1.55 bits per heavy atom. The number of likely N-dealkylation sites (N-methyl/N-ethyl adjacent to an activating group) is 1. The second-order valence-electron chi connectivity index (χ2n) is 7.41. The van der Waals surface area contributed by atoms with E-state index in [1.54, 1.807) is 0 Å². The maximum atomic E-state index is 5.11. The number of aromatic nitrogens is 1. The number of hydrogen-bond donors (Lipinski definition) is 0. The lowest BCUT2D eigenvalue weighted by Gasteiger charge is -2.35. The summed E-state index contributed by atoms with van der Waals surface area (Å²) in [5.74, 6) is 1.12. The molecule has 0 spiro atoms. The van der Waals surface area contributed by atoms with Crippen LogP contribution in [0.3, 0.4) is 0 Å². The van der Waals surface area contributed by atoms with Crippen molar-refractivity contribution in [2.75, 3.05) is 56.6 Å². The molecule has 4 nitrogen and oxygen atoms in total. The largest absolute Gasteiger partial charge is 0.378 e. The van der Waals surface area contributed by atoms with Crippen LogP contribution in [-0.4, -0.2) is 56.7 Å². The Morgan fingerprint density at radius 3 is 2.17 bits per heavy atom. The van der Waals surface area contributed by atoms with Crippen molar-refractivity contribution in [3.8, 4) is 11.3 Å². The Kier molecular flexibility index (Phi) is 8.14. The van der Waals surface area contributed by atoms with E-state index in [-0.39, 0.29) is 24.8 Å². The number of anilines is 2. The van der Waals surface area contributed by atoms with Crippen molar-refractivity contribution in [1.29, 1.82) is 0 Å². The third-order valence-corrected chi connectivity index (χ3v) is 5.52. The van der Waals surface area contributed by atoms with Gasteiger partial charge in [-0.15, -0.1) is 24.8 Å². The van der Waals surface area contributed by atoms with Gasteiger partial charge in [0.25, 0.3) is 0 Å². The quantitative estimate of drug-likeness (QED) is 0.581. The summed E-state index contributed by atoms with van der Waals surface area (Å²) in [7, 11) is 4.13. The topological polar surface area (TPSA) is 22.6 Å². The summed E-state index contributed by atoms with van der Waals surface area (Å²) >= 11 is 0. The molecular weight excluding hydrogens is 403 g/mol. The molecule has 0 amide bonds. The molecule has 0 unspecified atom stereocenters. The molecule has 2 heterocycles. The molecule has 29 heavy (non-hydrogen) atoms. The lowest BCUT2D eigenvalue weighted by Crippen LogP contribution is -2.46. The first kappa shape index (κ1) is 23.3. The predicted octanol–water partition coefficient (Wildman–Crippen LogP) is 4.95. The second-order valence-corrected chi connectivity index (χ2v) is 7.41. The van der Waals surface area contributed by atoms with Gasteiger partial charge in [0.1, 0.15) is 5.82 Å². The maximum absolute atomic E-state index is 5.11. The highest BCUT2D eigenvalue weighted by Crippen LogP contribution is 2.31. The highest BCUT2D eigenvalue weighted by Gasteiger charge is 2.19. The maximum Gasteiger partial charge on any atom is 0.137 e. The highest BCUT2D eigenvalue weighted by atomic mass is 35.5. The fourth-order valence-corrected chi connectivity index (χ4v) is 3.78. The van der Waals surface area contributed by atoms with Crippen molar-refractivity contribution in [2.24, 2.45) is 0 Å². The fourth-order valence-electron chi connectivity index (χ4n) is 3.78. The van der Waals surface area contributed by atoms with Gasteiger partial charge in [-0.05, 0) is 30.1 Å². The van der Waals surface area contributed by atoms with E-state index >= 15 is 0 Å². The van der Waals surface area contributed by atoms with Gasteiger partial charge in [0, 0.05) is 56.9 Å². The number of rotatable bonds is 4. The molecule has 1 fully saturated rings. The molecule has 0 bridgehead atoms. The average molecular weight is 433 g/mol. The minimum Gasteiger partial charge on any atom is -0.378 e. The van der Waals surface area contributed by atoms with Gasteiger partial charge >= 0.3 is 0 Å². The van der Waals surface area contributed by atoms with E-state index in [0.717, 1.165) is 44.2 Å². The molecule has 1 saturated heterocycles. The first-order valence-corrected chi connectivity index (χ1v) is 9.80. The summed E-state index contributed by atoms with van der Waals surface area (Å²) in [5, 5.41) is 2.50. The lowest BCUT2D eigenvalue weighted by atomic mass is 10.1. The van der Waals surface area contributed by atoms with Crippen LogP contribution in [0.15, 0.2) is 54.6 Å². The van der Waals surface area contributed by atoms with Gasteiger partial charge < -0.3 is 14.7 Å². The molecule has 1 aromatic heterocycles. The number of halogens is 2. The van der Waals surface area contributed by atoms with Crippen molar-refractivity contribution in [3.63, 3.8) is 0 Å². The molecule has 4 rings (SSSR count). The molecule has 2 aromatic carbocycles. The van der Waals surface area contributed by atoms with Gasteiger partial charge in [0.2, 0.25) is 0 Å². The Labute approximate surface area is 186 Å². The number of nitrogens with zero attached hydrogens (tertiary/aromatic N) is 4. The van der Waals surface area contributed by atoms with E-state index in [4.69, 9.17) is 4.98 Å². The monoisotopic (exact) mass is 432 g/mol. The zero-order valence-electron chi connectivity index (χ0n) is 17.3. The number of benzene rings is 2. The number of pyridine rings is 1. The van der Waals surface area contributed by atoms with Crippen LogP contribution in [0.25, 0.3) is 22.0 Å². The van der Waals surface area contributed by atoms with Crippen molar-refractivity contribution in [2.45, 2.75) is 6.92 Å². The van der Waals surface area contributed by atoms with Gasteiger partial charge in [0.05, 0.1) is 5.69 Å². The smallest absolute Gasteiger partial charge is 0.137 e. The van der Waals surface area contributed by atoms with Crippen molar-refractivity contribution in [1.82, 2.24) is 9.88 Å². The zero-order valence-corrected chi connectivity index (χ0v) is 19.0. The summed E-state index contributed by atoms with van der Waals surface area (Å²) in [6, 6.07) is 19.5. The van der Waals surface area contributed by atoms with Crippen molar-refractivity contribution >= 4 is 47.1 Å². The Bertz CT molecular complexity index is 920. The van der Waals surface area contributed by atoms with Gasteiger partial charge in [-0.1, -0.05) is 43.3 Å². The molecule has 0 atom stereocenters. The van der Waals surface area contributed by atoms with Gasteiger partial charge in [-0.2, -0.15) is 0 Å². The van der Waals surface area contributed by atoms with Crippen LogP contribution in [0.4, 0.5) is 11.5 Å². The van der Waals surface area contributed by atoms with E-state index < -0.39 is 0 Å². The molecule has 0 radical (unpaired) electrons. The molecular formula is C23H30Cl2N4. The van der Waals surface area contributed by atoms with Crippen molar-refractivity contribution < 1.29 is 0 Å². The molecule has 1 aliphatic heterocycles. The summed E-state index contributed by atoms with van der Waals surface area (Å²) in [6.07, 6.45) is 0. The Hall–Kier alpha value is -2.01. The summed E-state index contributed by atoms with van der Waals surface area (Å²) in [5.41, 5.74) is 3.42. The van der Waals surface area contributed by atoms with E-state index in [2.05, 4.69) is 90.3 Å². The molecule has 0 saturated carbocycles. The Balaban J connectivity index is 0.00000150. The van der Waals surface area contributed by atoms with Gasteiger partial charge in [0.15, 0.2) is 0 Å². The van der Waals surface area contributed by atoms with Crippen LogP contribution in [-0.2, 0) is 0 Å². The number of hydrogen-bond acceptors (Lipinski definition) is 4. The lowest BCUT2D eigenvalue weighted by molar-refractivity contribution is 0.271. The molecule has 1 aliphatic rings. The van der Waals surface area contributed by atoms with Crippen LogP contribution in [0, 0.1) is 0 Å². The standard InChI is InChI=1S/C23H28N4.2ClH/c1-4-26-13-15-27(16-14-26)23-21-8-6-5-7-19(21)17-22(24-23)18-9-11-20(12-10-18)25(2)3;;/h5-12,17H,4,13-16H2,1-3H3;2*1H. The third kappa shape index (κ3) is 4.95. The van der Waals surface area contributed by atoms with E-state index in [1.165, 1.54) is 22.0 Å². The van der Waals surface area contributed by atoms with Crippen LogP contribution < -0.4 is 9.80 Å². The molecule has 0 aliphatic carbocycles. The van der Waals surface area contributed by atoms with E-state index in [1.807, 2.05) is 0 Å². The summed E-state index contributed by atoms with van der Waals surface area (Å²) < 4.78 is 0. The normalized spacial score (nSPS) is 14.2. The fraction of sp³-hybridized carbons (Fsp3) is 0.348. The summed E-state index contributed by atoms with van der Waals surface area (Å²) in [4.78, 5) is 12.2. The molecule has 156 valence electrons. The van der Waals surface area contributed by atoms with Crippen LogP contribution in [0.1, 0.15) is 6.92 Å². The van der Waals surface area contributed by atoms with Crippen molar-refractivity contribution in [3.05, 3.63) is 54.6 Å². The van der Waals surface area contributed by atoms with Crippen LogP contribution >= 0.6 is 24.8 Å². The highest BCUT2D eigenvalue weighted by molar-refractivity contribution is 5.95. The number of fused-ring (bicyclic) bond motifs is 1. The SMILES string of the molecule is CCN1CCN(c2nc(-c3ccc(N(C)C)cc3)cc3ccccc23)CC1.Cl.Cl. The third-order valence-electron chi connectivity index (χ3n) is 5.52.